The highest BCUT2D eigenvalue weighted by molar-refractivity contribution is 6.24. The number of ether oxygens (including phenoxy) is 1. The van der Waals surface area contributed by atoms with Crippen molar-refractivity contribution in [3.8, 4) is 22.6 Å². The molecule has 0 bridgehead atoms. The van der Waals surface area contributed by atoms with Crippen molar-refractivity contribution in [3.05, 3.63) is 63.9 Å². The molecule has 7 N–H and O–H groups in total. The number of amides is 1. The number of aromatic hydroxyl groups is 1. The van der Waals surface area contributed by atoms with E-state index in [1.165, 1.54) is 32.2 Å². The average Bonchev–Trinajstić information content (AvgIpc) is 2.94. The van der Waals surface area contributed by atoms with Gasteiger partial charge in [-0.3, -0.25) is 19.3 Å². The molecule has 0 radical (unpaired) electrons. The van der Waals surface area contributed by atoms with Gasteiger partial charge in [-0.15, -0.1) is 0 Å². The highest BCUT2D eigenvalue weighted by Crippen LogP contribution is 2.54. The van der Waals surface area contributed by atoms with Crippen molar-refractivity contribution in [1.82, 2.24) is 10.2 Å². The summed E-state index contributed by atoms with van der Waals surface area (Å²) in [5.74, 6) is -7.27. The van der Waals surface area contributed by atoms with Gasteiger partial charge in [-0.25, -0.2) is 0 Å². The summed E-state index contributed by atoms with van der Waals surface area (Å²) in [6.45, 7) is -1.32. The summed E-state index contributed by atoms with van der Waals surface area (Å²) in [6, 6.07) is 6.38. The molecule has 5 rings (SSSR count). The first-order valence-corrected chi connectivity index (χ1v) is 14.0. The van der Waals surface area contributed by atoms with Crippen LogP contribution >= 0.6 is 0 Å². The molecular formula is C31H32F3N3O8. The number of nitrogens with two attached hydrogens (primary N) is 1. The van der Waals surface area contributed by atoms with E-state index in [9.17, 15) is 48.0 Å². The van der Waals surface area contributed by atoms with E-state index in [2.05, 4.69) is 5.32 Å². The number of methoxy groups -OCH3 is 1. The first-order chi connectivity index (χ1) is 21.0. The predicted octanol–water partition coefficient (Wildman–Crippen LogP) is 2.29. The molecule has 4 atom stereocenters. The Morgan fingerprint density at radius 1 is 1.13 bits per heavy atom. The van der Waals surface area contributed by atoms with Crippen molar-refractivity contribution in [2.45, 2.75) is 37.2 Å². The van der Waals surface area contributed by atoms with Crippen LogP contribution in [0.3, 0.4) is 0 Å². The molecule has 240 valence electrons. The molecule has 0 saturated heterocycles. The summed E-state index contributed by atoms with van der Waals surface area (Å²) in [5.41, 5.74) is 3.05. The quantitative estimate of drug-likeness (QED) is 0.248. The number of Topliss-reactive ketones (excluding diaryl/α,β-unsaturated/α-hetero) is 2. The van der Waals surface area contributed by atoms with Crippen molar-refractivity contribution >= 4 is 23.2 Å². The lowest BCUT2D eigenvalue weighted by atomic mass is 9.57. The van der Waals surface area contributed by atoms with Crippen LogP contribution in [0.5, 0.6) is 11.5 Å². The molecule has 1 amide bonds. The van der Waals surface area contributed by atoms with E-state index in [0.29, 0.717) is 28.0 Å². The lowest BCUT2D eigenvalue weighted by Gasteiger charge is -2.50. The van der Waals surface area contributed by atoms with E-state index in [4.69, 9.17) is 10.5 Å². The molecule has 2 aromatic carbocycles. The number of carbonyl (C=O) groups excluding carboxylic acids is 3. The summed E-state index contributed by atoms with van der Waals surface area (Å²) in [6.07, 6.45) is -4.48. The number of benzene rings is 2. The minimum absolute atomic E-state index is 0.0258. The highest BCUT2D eigenvalue weighted by Gasteiger charge is 2.64. The molecule has 0 heterocycles. The molecule has 1 fully saturated rings. The third kappa shape index (κ3) is 5.12. The second kappa shape index (κ2) is 11.2. The summed E-state index contributed by atoms with van der Waals surface area (Å²) in [7, 11) is 4.42. The summed E-state index contributed by atoms with van der Waals surface area (Å²) in [4.78, 5) is 40.9. The Bertz CT molecular complexity index is 1680. The van der Waals surface area contributed by atoms with Gasteiger partial charge in [-0.1, -0.05) is 12.1 Å². The molecule has 0 aliphatic heterocycles. The zero-order valence-electron chi connectivity index (χ0n) is 24.5. The molecule has 14 heteroatoms. The number of phenolic OH excluding ortho intramolecular Hbond substituents is 1. The molecule has 1 unspecified atom stereocenters. The van der Waals surface area contributed by atoms with Crippen LogP contribution in [0.2, 0.25) is 0 Å². The number of nitrogens with zero attached hydrogens (tertiary/aromatic N) is 1. The zero-order chi connectivity index (χ0) is 33.2. The van der Waals surface area contributed by atoms with Gasteiger partial charge in [0, 0.05) is 23.6 Å². The Kier molecular flexibility index (Phi) is 7.96. The number of rotatable bonds is 7. The van der Waals surface area contributed by atoms with Crippen molar-refractivity contribution in [3.63, 3.8) is 0 Å². The Morgan fingerprint density at radius 2 is 1.82 bits per heavy atom. The molecule has 0 aromatic heterocycles. The molecule has 3 aliphatic rings. The van der Waals surface area contributed by atoms with Gasteiger partial charge in [0.25, 0.3) is 5.91 Å². The maximum Gasteiger partial charge on any atom is 0.401 e. The molecule has 1 saturated carbocycles. The molecule has 0 spiro atoms. The van der Waals surface area contributed by atoms with E-state index in [1.807, 2.05) is 0 Å². The van der Waals surface area contributed by atoms with E-state index in [-0.39, 0.29) is 30.5 Å². The second-order valence-electron chi connectivity index (χ2n) is 11.7. The Morgan fingerprint density at radius 3 is 2.42 bits per heavy atom. The Hall–Kier alpha value is -4.40. The monoisotopic (exact) mass is 631 g/mol. The minimum Gasteiger partial charge on any atom is -0.508 e. The van der Waals surface area contributed by atoms with Crippen molar-refractivity contribution in [1.29, 1.82) is 0 Å². The number of halogens is 3. The van der Waals surface area contributed by atoms with Crippen molar-refractivity contribution in [2.24, 2.45) is 17.6 Å². The number of ketones is 2. The third-order valence-corrected chi connectivity index (χ3v) is 8.81. The normalized spacial score (nSPS) is 24.8. The fourth-order valence-corrected chi connectivity index (χ4v) is 6.92. The maximum atomic E-state index is 14.0. The van der Waals surface area contributed by atoms with Gasteiger partial charge in [0.15, 0.2) is 11.4 Å². The van der Waals surface area contributed by atoms with Crippen LogP contribution in [0, 0.1) is 11.8 Å². The molecular weight excluding hydrogens is 599 g/mol. The van der Waals surface area contributed by atoms with Gasteiger partial charge in [-0.2, -0.15) is 13.2 Å². The fourth-order valence-electron chi connectivity index (χ4n) is 6.92. The SMILES string of the molecule is COc1ccc(CNCC(F)(F)F)cc1-c1ccc(O)c2c1C[C@H]1C[C@H]3C(N(C)C)C(=O)C(C(N)=O)=C(O)[C@@]3(O)C(=O)C1=C2O. The molecule has 2 aromatic rings. The van der Waals surface area contributed by atoms with E-state index < -0.39 is 76.5 Å². The largest absolute Gasteiger partial charge is 0.508 e. The number of fused-ring (bicyclic) bond motifs is 3. The fraction of sp³-hybridized carbons (Fsp3) is 0.387. The number of likely N-dealkylation sites (N-methyl/N-ethyl adjacent to an activating group) is 1. The minimum atomic E-state index is -4.40. The first kappa shape index (κ1) is 32.0. The topological polar surface area (TPSA) is 183 Å². The van der Waals surface area contributed by atoms with Gasteiger partial charge in [0.05, 0.1) is 25.3 Å². The average molecular weight is 632 g/mol. The van der Waals surface area contributed by atoms with Crippen LogP contribution in [0.1, 0.15) is 23.1 Å². The smallest absolute Gasteiger partial charge is 0.401 e. The van der Waals surface area contributed by atoms with Crippen LogP contribution < -0.4 is 15.8 Å². The van der Waals surface area contributed by atoms with Crippen LogP contribution in [0.4, 0.5) is 13.2 Å². The number of nitrogens with one attached hydrogen (secondary N) is 1. The lowest BCUT2D eigenvalue weighted by molar-refractivity contribution is -0.153. The van der Waals surface area contributed by atoms with Crippen molar-refractivity contribution in [2.75, 3.05) is 27.7 Å². The van der Waals surface area contributed by atoms with E-state index >= 15 is 0 Å². The van der Waals surface area contributed by atoms with Gasteiger partial charge in [-0.05, 0) is 67.7 Å². The maximum absolute atomic E-state index is 14.0. The number of phenols is 1. The predicted molar refractivity (Wildman–Crippen MR) is 154 cm³/mol. The van der Waals surface area contributed by atoms with E-state index in [0.717, 1.165) is 0 Å². The zero-order valence-corrected chi connectivity index (χ0v) is 24.5. The number of hydrogen-bond donors (Lipinski definition) is 6. The number of aliphatic hydroxyl groups is 3. The summed E-state index contributed by atoms with van der Waals surface area (Å²) < 4.78 is 43.7. The number of alkyl halides is 3. The third-order valence-electron chi connectivity index (χ3n) is 8.81. The summed E-state index contributed by atoms with van der Waals surface area (Å²) in [5, 5.41) is 47.5. The standard InChI is InChI=1S/C31H32F3N3O8/c1-37(2)24-18-10-14-9-17-15(16-8-13(4-7-20(16)45-3)11-36-12-30(32,33)34)5-6-19(38)22(17)25(39)21(14)27(41)31(18,44)28(42)23(26(24)40)29(35)43/h4-8,14,18,24,36,38-39,42,44H,9-12H2,1-3H3,(H2,35,43)/t14-,18-,24?,31-/m0/s1. The molecule has 11 nitrogen and oxygen atoms in total. The highest BCUT2D eigenvalue weighted by atomic mass is 19.4. The molecule has 45 heavy (non-hydrogen) atoms. The number of primary amides is 1. The van der Waals surface area contributed by atoms with Crippen LogP contribution in [-0.4, -0.2) is 88.4 Å². The number of hydrogen-bond acceptors (Lipinski definition) is 10. The molecule has 3 aliphatic carbocycles. The first-order valence-electron chi connectivity index (χ1n) is 14.0. The van der Waals surface area contributed by atoms with E-state index in [1.54, 1.807) is 24.3 Å². The van der Waals surface area contributed by atoms with Gasteiger partial charge in [0.2, 0.25) is 5.78 Å². The number of aliphatic hydroxyl groups excluding tert-OH is 2. The van der Waals surface area contributed by atoms with Gasteiger partial charge in [0.1, 0.15) is 28.6 Å². The van der Waals surface area contributed by atoms with Crippen LogP contribution in [-0.2, 0) is 27.3 Å². The van der Waals surface area contributed by atoms with Crippen LogP contribution in [0.25, 0.3) is 16.9 Å². The number of carbonyl (C=O) groups is 3. The lowest BCUT2D eigenvalue weighted by Crippen LogP contribution is -2.65. The van der Waals surface area contributed by atoms with Crippen molar-refractivity contribution < 1.29 is 52.7 Å². The Labute approximate surface area is 255 Å². The summed E-state index contributed by atoms with van der Waals surface area (Å²) >= 11 is 0. The Balaban J connectivity index is 1.66. The van der Waals surface area contributed by atoms with Gasteiger partial charge >= 0.3 is 6.18 Å². The second-order valence-corrected chi connectivity index (χ2v) is 11.7. The van der Waals surface area contributed by atoms with Crippen LogP contribution in [0.15, 0.2) is 47.2 Å². The van der Waals surface area contributed by atoms with Gasteiger partial charge < -0.3 is 36.2 Å².